The molecule has 1 unspecified atom stereocenters. The summed E-state index contributed by atoms with van der Waals surface area (Å²) in [6.45, 7) is 0.493. The van der Waals surface area contributed by atoms with Gasteiger partial charge in [0.1, 0.15) is 5.37 Å². The molecule has 1 aliphatic rings. The van der Waals surface area contributed by atoms with Crippen LogP contribution < -0.4 is 0 Å². The van der Waals surface area contributed by atoms with Gasteiger partial charge in [-0.25, -0.2) is 0 Å². The average molecular weight is 372 g/mol. The lowest BCUT2D eigenvalue weighted by molar-refractivity contribution is -0.137. The molecule has 2 aromatic carbocycles. The molecule has 7 heteroatoms. The molecule has 0 radical (unpaired) electrons. The van der Waals surface area contributed by atoms with Crippen LogP contribution in [-0.4, -0.2) is 23.1 Å². The molecule has 0 N–H and O–H groups in total. The Morgan fingerprint density at radius 2 is 1.88 bits per heavy atom. The standard InChI is InChI=1S/C17H13ClF3NOS/c18-14-6-4-11(5-7-14)15(23)22-8-9-24-16(22)12-2-1-3-13(10-12)17(19,20)21/h1-7,10,16H,8-9H2. The lowest BCUT2D eigenvalue weighted by Gasteiger charge is -2.25. The van der Waals surface area contributed by atoms with Gasteiger partial charge in [-0.2, -0.15) is 13.2 Å². The molecule has 24 heavy (non-hydrogen) atoms. The molecular formula is C17H13ClF3NOS. The van der Waals surface area contributed by atoms with E-state index in [1.54, 1.807) is 35.2 Å². The number of alkyl halides is 3. The second-order valence-corrected chi connectivity index (χ2v) is 6.98. The summed E-state index contributed by atoms with van der Waals surface area (Å²) in [7, 11) is 0. The van der Waals surface area contributed by atoms with E-state index in [0.29, 0.717) is 28.4 Å². The van der Waals surface area contributed by atoms with Crippen LogP contribution in [0.15, 0.2) is 48.5 Å². The normalized spacial score (nSPS) is 18.0. The van der Waals surface area contributed by atoms with Crippen molar-refractivity contribution in [2.75, 3.05) is 12.3 Å². The number of halogens is 4. The Morgan fingerprint density at radius 3 is 2.54 bits per heavy atom. The Hall–Kier alpha value is -1.66. The van der Waals surface area contributed by atoms with Gasteiger partial charge in [0.25, 0.3) is 5.91 Å². The quantitative estimate of drug-likeness (QED) is 0.719. The average Bonchev–Trinajstić information content (AvgIpc) is 3.04. The molecule has 1 aliphatic heterocycles. The third kappa shape index (κ3) is 3.54. The van der Waals surface area contributed by atoms with Crippen molar-refractivity contribution in [2.45, 2.75) is 11.6 Å². The van der Waals surface area contributed by atoms with Crippen molar-refractivity contribution < 1.29 is 18.0 Å². The first-order valence-corrected chi connectivity index (χ1v) is 8.64. The molecule has 1 heterocycles. The number of carbonyl (C=O) groups is 1. The molecule has 3 rings (SSSR count). The highest BCUT2D eigenvalue weighted by Crippen LogP contribution is 2.40. The number of hydrogen-bond acceptors (Lipinski definition) is 2. The van der Waals surface area contributed by atoms with E-state index >= 15 is 0 Å². The van der Waals surface area contributed by atoms with Gasteiger partial charge in [-0.15, -0.1) is 11.8 Å². The van der Waals surface area contributed by atoms with Crippen LogP contribution in [-0.2, 0) is 6.18 Å². The SMILES string of the molecule is O=C(c1ccc(Cl)cc1)N1CCSC1c1cccc(C(F)(F)F)c1. The second kappa shape index (κ2) is 6.69. The van der Waals surface area contributed by atoms with Crippen LogP contribution in [0.3, 0.4) is 0 Å². The summed E-state index contributed by atoms with van der Waals surface area (Å²) in [4.78, 5) is 14.3. The molecular weight excluding hydrogens is 359 g/mol. The molecule has 1 amide bonds. The van der Waals surface area contributed by atoms with Crippen molar-refractivity contribution >= 4 is 29.3 Å². The van der Waals surface area contributed by atoms with Crippen molar-refractivity contribution in [1.29, 1.82) is 0 Å². The number of amides is 1. The highest BCUT2D eigenvalue weighted by molar-refractivity contribution is 7.99. The highest BCUT2D eigenvalue weighted by atomic mass is 35.5. The molecule has 0 aliphatic carbocycles. The Balaban J connectivity index is 1.88. The number of hydrogen-bond donors (Lipinski definition) is 0. The number of nitrogens with zero attached hydrogens (tertiary/aromatic N) is 1. The van der Waals surface area contributed by atoms with Gasteiger partial charge < -0.3 is 4.90 Å². The fourth-order valence-electron chi connectivity index (χ4n) is 2.58. The number of benzene rings is 2. The molecule has 1 atom stereocenters. The van der Waals surface area contributed by atoms with E-state index in [-0.39, 0.29) is 5.91 Å². The predicted molar refractivity (Wildman–Crippen MR) is 89.1 cm³/mol. The Kier molecular flexibility index (Phi) is 4.78. The van der Waals surface area contributed by atoms with Gasteiger partial charge in [0.2, 0.25) is 0 Å². The van der Waals surface area contributed by atoms with E-state index in [9.17, 15) is 18.0 Å². The maximum absolute atomic E-state index is 12.9. The van der Waals surface area contributed by atoms with Crippen molar-refractivity contribution in [3.05, 3.63) is 70.2 Å². The minimum atomic E-state index is -4.40. The van der Waals surface area contributed by atoms with Gasteiger partial charge in [0, 0.05) is 22.9 Å². The zero-order valence-electron chi connectivity index (χ0n) is 12.4. The maximum atomic E-state index is 12.9. The van der Waals surface area contributed by atoms with Gasteiger partial charge in [-0.1, -0.05) is 23.7 Å². The number of thioether (sulfide) groups is 1. The molecule has 0 bridgehead atoms. The van der Waals surface area contributed by atoms with E-state index in [1.165, 1.54) is 17.8 Å². The smallest absolute Gasteiger partial charge is 0.322 e. The van der Waals surface area contributed by atoms with Gasteiger partial charge >= 0.3 is 6.18 Å². The van der Waals surface area contributed by atoms with Crippen LogP contribution in [0.1, 0.15) is 26.9 Å². The van der Waals surface area contributed by atoms with Crippen molar-refractivity contribution in [2.24, 2.45) is 0 Å². The highest BCUT2D eigenvalue weighted by Gasteiger charge is 2.34. The summed E-state index contributed by atoms with van der Waals surface area (Å²) in [6.07, 6.45) is -4.40. The summed E-state index contributed by atoms with van der Waals surface area (Å²) >= 11 is 7.29. The molecule has 1 saturated heterocycles. The summed E-state index contributed by atoms with van der Waals surface area (Å²) < 4.78 is 38.7. The lowest BCUT2D eigenvalue weighted by atomic mass is 10.1. The number of rotatable bonds is 2. The fourth-order valence-corrected chi connectivity index (χ4v) is 3.95. The van der Waals surface area contributed by atoms with Crippen molar-refractivity contribution in [3.8, 4) is 0 Å². The third-order valence-corrected chi connectivity index (χ3v) is 5.25. The van der Waals surface area contributed by atoms with Gasteiger partial charge in [0.05, 0.1) is 5.56 Å². The van der Waals surface area contributed by atoms with Gasteiger partial charge in [-0.3, -0.25) is 4.79 Å². The maximum Gasteiger partial charge on any atom is 0.416 e. The topological polar surface area (TPSA) is 20.3 Å². The largest absolute Gasteiger partial charge is 0.416 e. The van der Waals surface area contributed by atoms with Crippen LogP contribution in [0.4, 0.5) is 13.2 Å². The number of carbonyl (C=O) groups excluding carboxylic acids is 1. The first kappa shape index (κ1) is 17.2. The molecule has 0 saturated carbocycles. The zero-order valence-corrected chi connectivity index (χ0v) is 14.0. The van der Waals surface area contributed by atoms with Gasteiger partial charge in [0.15, 0.2) is 0 Å². The van der Waals surface area contributed by atoms with Crippen LogP contribution in [0, 0.1) is 0 Å². The molecule has 2 nitrogen and oxygen atoms in total. The Bertz CT molecular complexity index is 748. The molecule has 2 aromatic rings. The molecule has 0 aromatic heterocycles. The lowest BCUT2D eigenvalue weighted by Crippen LogP contribution is -2.30. The van der Waals surface area contributed by atoms with Crippen LogP contribution in [0.2, 0.25) is 5.02 Å². The molecule has 126 valence electrons. The first-order chi connectivity index (χ1) is 11.4. The summed E-state index contributed by atoms with van der Waals surface area (Å²) in [6, 6.07) is 11.6. The van der Waals surface area contributed by atoms with Crippen molar-refractivity contribution in [1.82, 2.24) is 4.90 Å². The van der Waals surface area contributed by atoms with E-state index in [1.807, 2.05) is 0 Å². The van der Waals surface area contributed by atoms with Crippen LogP contribution in [0.5, 0.6) is 0 Å². The van der Waals surface area contributed by atoms with Crippen LogP contribution in [0.25, 0.3) is 0 Å². The summed E-state index contributed by atoms with van der Waals surface area (Å²) in [5.41, 5.74) is 0.250. The molecule has 0 spiro atoms. The Labute approximate surface area is 146 Å². The van der Waals surface area contributed by atoms with E-state index in [0.717, 1.165) is 12.1 Å². The van der Waals surface area contributed by atoms with Crippen LogP contribution >= 0.6 is 23.4 Å². The fraction of sp³-hybridized carbons (Fsp3) is 0.235. The third-order valence-electron chi connectivity index (χ3n) is 3.74. The zero-order chi connectivity index (χ0) is 17.3. The minimum Gasteiger partial charge on any atom is -0.322 e. The first-order valence-electron chi connectivity index (χ1n) is 7.21. The minimum absolute atomic E-state index is 0.209. The molecule has 1 fully saturated rings. The summed E-state index contributed by atoms with van der Waals surface area (Å²) in [5.74, 6) is 0.472. The monoisotopic (exact) mass is 371 g/mol. The summed E-state index contributed by atoms with van der Waals surface area (Å²) in [5, 5.41) is 0.104. The Morgan fingerprint density at radius 1 is 1.17 bits per heavy atom. The van der Waals surface area contributed by atoms with Crippen molar-refractivity contribution in [3.63, 3.8) is 0 Å². The van der Waals surface area contributed by atoms with Gasteiger partial charge in [-0.05, 0) is 42.0 Å². The predicted octanol–water partition coefficient (Wildman–Crippen LogP) is 5.25. The van der Waals surface area contributed by atoms with E-state index in [2.05, 4.69) is 0 Å². The van der Waals surface area contributed by atoms with E-state index < -0.39 is 17.1 Å². The second-order valence-electron chi connectivity index (χ2n) is 5.35. The van der Waals surface area contributed by atoms with E-state index in [4.69, 9.17) is 11.6 Å².